The first-order chi connectivity index (χ1) is 15.3. The third-order valence-electron chi connectivity index (χ3n) is 5.75. The number of halogens is 2. The second kappa shape index (κ2) is 9.36. The maximum absolute atomic E-state index is 14.7. The number of H-pyrrole nitrogens is 1. The minimum absolute atomic E-state index is 0.151. The zero-order valence-corrected chi connectivity index (χ0v) is 19.2. The van der Waals surface area contributed by atoms with Crippen molar-refractivity contribution in [2.45, 2.75) is 39.0 Å². The summed E-state index contributed by atoms with van der Waals surface area (Å²) >= 11 is 6.13. The minimum atomic E-state index is -0.424. The molecule has 8 nitrogen and oxygen atoms in total. The van der Waals surface area contributed by atoms with E-state index in [4.69, 9.17) is 16.3 Å². The van der Waals surface area contributed by atoms with Crippen LogP contribution in [-0.2, 0) is 4.74 Å². The van der Waals surface area contributed by atoms with Crippen molar-refractivity contribution in [3.05, 3.63) is 40.7 Å². The van der Waals surface area contributed by atoms with Crippen LogP contribution in [0.2, 0.25) is 5.02 Å². The number of carbonyl (C=O) groups is 1. The van der Waals surface area contributed by atoms with E-state index in [9.17, 15) is 9.18 Å². The molecule has 1 fully saturated rings. The van der Waals surface area contributed by atoms with Crippen molar-refractivity contribution in [3.63, 3.8) is 0 Å². The molecule has 32 heavy (non-hydrogen) atoms. The lowest BCUT2D eigenvalue weighted by Crippen LogP contribution is -2.45. The minimum Gasteiger partial charge on any atom is -0.447 e. The lowest BCUT2D eigenvalue weighted by atomic mass is 9.98. The third kappa shape index (κ3) is 4.67. The topological polar surface area (TPSA) is 85.8 Å². The Kier molecular flexibility index (Phi) is 6.55. The number of amides is 1. The van der Waals surface area contributed by atoms with Gasteiger partial charge in [-0.2, -0.15) is 0 Å². The van der Waals surface area contributed by atoms with E-state index in [1.165, 1.54) is 6.21 Å². The summed E-state index contributed by atoms with van der Waals surface area (Å²) in [6, 6.07) is 1.83. The lowest BCUT2D eigenvalue weighted by molar-refractivity contribution is 0.0625. The van der Waals surface area contributed by atoms with Crippen molar-refractivity contribution < 1.29 is 13.9 Å². The smallest absolute Gasteiger partial charge is 0.410 e. The number of allylic oxidation sites excluding steroid dienone is 1. The summed E-state index contributed by atoms with van der Waals surface area (Å²) in [5.41, 5.74) is 1.56. The van der Waals surface area contributed by atoms with Crippen molar-refractivity contribution in [2.24, 2.45) is 10.9 Å². The Hall–Kier alpha value is -2.81. The molecule has 4 rings (SSSR count). The molecule has 0 saturated carbocycles. The Morgan fingerprint density at radius 3 is 3.06 bits per heavy atom. The Morgan fingerprint density at radius 2 is 2.28 bits per heavy atom. The molecule has 2 aliphatic heterocycles. The van der Waals surface area contributed by atoms with Gasteiger partial charge in [-0.15, -0.1) is 0 Å². The average molecular weight is 463 g/mol. The van der Waals surface area contributed by atoms with Crippen molar-refractivity contribution in [3.8, 4) is 0 Å². The number of carbonyl (C=O) groups excluding carboxylic acids is 1. The molecule has 172 valence electrons. The summed E-state index contributed by atoms with van der Waals surface area (Å²) < 4.78 is 20.0. The summed E-state index contributed by atoms with van der Waals surface area (Å²) in [6.07, 6.45) is 5.64. The summed E-state index contributed by atoms with van der Waals surface area (Å²) in [4.78, 5) is 27.5. The summed E-state index contributed by atoms with van der Waals surface area (Å²) in [5.74, 6) is 0.147. The van der Waals surface area contributed by atoms with E-state index in [0.29, 0.717) is 36.1 Å². The number of pyridine rings is 1. The zero-order chi connectivity index (χ0) is 22.8. The molecule has 4 heterocycles. The van der Waals surface area contributed by atoms with Crippen molar-refractivity contribution in [1.82, 2.24) is 25.1 Å². The van der Waals surface area contributed by atoms with E-state index in [-0.39, 0.29) is 18.1 Å². The van der Waals surface area contributed by atoms with Crippen molar-refractivity contribution in [1.29, 1.82) is 0 Å². The molecule has 10 heteroatoms. The number of nitrogens with zero attached hydrogens (tertiary/aromatic N) is 4. The number of aromatic nitrogens is 2. The molecule has 2 aromatic heterocycles. The van der Waals surface area contributed by atoms with Crippen molar-refractivity contribution >= 4 is 34.9 Å². The summed E-state index contributed by atoms with van der Waals surface area (Å²) in [5, 5.41) is 4.62. The van der Waals surface area contributed by atoms with Crippen LogP contribution in [0.3, 0.4) is 0 Å². The molecule has 2 unspecified atom stereocenters. The number of rotatable bonds is 5. The van der Waals surface area contributed by atoms with Crippen LogP contribution in [0.5, 0.6) is 0 Å². The van der Waals surface area contributed by atoms with Crippen LogP contribution in [-0.4, -0.2) is 64.9 Å². The second-order valence-electron chi connectivity index (χ2n) is 8.52. The van der Waals surface area contributed by atoms with Gasteiger partial charge in [-0.1, -0.05) is 11.6 Å². The van der Waals surface area contributed by atoms with E-state index < -0.39 is 12.0 Å². The Bertz CT molecular complexity index is 1050. The maximum Gasteiger partial charge on any atom is 0.410 e. The quantitative estimate of drug-likeness (QED) is 0.695. The Labute approximate surface area is 191 Å². The molecular weight excluding hydrogens is 435 g/mol. The standard InChI is InChI=1S/C22H28ClFN6O2/c1-13(2)32-22(31)30-6-4-5-14(12-30)8-27-21-18(24)11-28-20(29(21)3)17-10-26-19-16(17)7-15(23)9-25-19/h7,9-11,13-14,20,27H,4-6,8,12H2,1-3H3,(H,25,26). The van der Waals surface area contributed by atoms with Gasteiger partial charge in [0.05, 0.1) is 17.3 Å². The van der Waals surface area contributed by atoms with Gasteiger partial charge in [0.15, 0.2) is 5.83 Å². The van der Waals surface area contributed by atoms with Crippen LogP contribution in [0.1, 0.15) is 38.4 Å². The van der Waals surface area contributed by atoms with Crippen LogP contribution in [0.4, 0.5) is 9.18 Å². The second-order valence-corrected chi connectivity index (χ2v) is 8.96. The highest BCUT2D eigenvalue weighted by atomic mass is 35.5. The van der Waals surface area contributed by atoms with Gasteiger partial charge in [0, 0.05) is 50.0 Å². The van der Waals surface area contributed by atoms with Crippen LogP contribution in [0.25, 0.3) is 11.0 Å². The number of likely N-dealkylation sites (tertiary alicyclic amines) is 1. The number of hydrogen-bond acceptors (Lipinski definition) is 6. The van der Waals surface area contributed by atoms with Gasteiger partial charge < -0.3 is 24.8 Å². The van der Waals surface area contributed by atoms with Gasteiger partial charge in [0.25, 0.3) is 0 Å². The maximum atomic E-state index is 14.7. The number of aromatic amines is 1. The molecule has 2 aromatic rings. The average Bonchev–Trinajstić information content (AvgIpc) is 3.16. The van der Waals surface area contributed by atoms with Gasteiger partial charge in [-0.25, -0.2) is 14.2 Å². The Morgan fingerprint density at radius 1 is 1.47 bits per heavy atom. The summed E-state index contributed by atoms with van der Waals surface area (Å²) in [6.45, 7) is 5.49. The van der Waals surface area contributed by atoms with E-state index >= 15 is 0 Å². The number of ether oxygens (including phenoxy) is 1. The molecule has 0 spiro atoms. The fourth-order valence-electron chi connectivity index (χ4n) is 4.21. The zero-order valence-electron chi connectivity index (χ0n) is 18.4. The van der Waals surface area contributed by atoms with Crippen LogP contribution < -0.4 is 5.32 Å². The molecule has 1 saturated heterocycles. The van der Waals surface area contributed by atoms with E-state index in [1.54, 1.807) is 23.0 Å². The normalized spacial score (nSPS) is 21.6. The van der Waals surface area contributed by atoms with Gasteiger partial charge in [-0.05, 0) is 38.7 Å². The van der Waals surface area contributed by atoms with Crippen LogP contribution in [0, 0.1) is 5.92 Å². The first-order valence-corrected chi connectivity index (χ1v) is 11.2. The first-order valence-electron chi connectivity index (χ1n) is 10.8. The number of fused-ring (bicyclic) bond motifs is 1. The van der Waals surface area contributed by atoms with Crippen LogP contribution in [0.15, 0.2) is 35.1 Å². The largest absolute Gasteiger partial charge is 0.447 e. The summed E-state index contributed by atoms with van der Waals surface area (Å²) in [7, 11) is 1.80. The third-order valence-corrected chi connectivity index (χ3v) is 5.96. The number of nitrogens with one attached hydrogen (secondary N) is 2. The van der Waals surface area contributed by atoms with Gasteiger partial charge in [0.1, 0.15) is 17.6 Å². The number of hydrogen-bond donors (Lipinski definition) is 2. The van der Waals surface area contributed by atoms with Gasteiger partial charge >= 0.3 is 6.09 Å². The first kappa shape index (κ1) is 22.4. The highest BCUT2D eigenvalue weighted by molar-refractivity contribution is 6.31. The molecule has 0 bridgehead atoms. The molecule has 2 aliphatic rings. The Balaban J connectivity index is 1.44. The SMILES string of the molecule is CC(C)OC(=O)N1CCCC(CNC2=C(F)C=NC(c3c[nH]c4ncc(Cl)cc34)N2C)C1. The van der Waals surface area contributed by atoms with Gasteiger partial charge in [0.2, 0.25) is 0 Å². The molecule has 0 radical (unpaired) electrons. The van der Waals surface area contributed by atoms with Crippen LogP contribution >= 0.6 is 11.6 Å². The number of aliphatic imine (C=N–C) groups is 1. The highest BCUT2D eigenvalue weighted by Crippen LogP contribution is 2.33. The predicted octanol–water partition coefficient (Wildman–Crippen LogP) is 4.22. The number of piperidine rings is 1. The molecule has 0 aromatic carbocycles. The van der Waals surface area contributed by atoms with Crippen molar-refractivity contribution in [2.75, 3.05) is 26.7 Å². The van der Waals surface area contributed by atoms with Gasteiger partial charge in [-0.3, -0.25) is 4.99 Å². The van der Waals surface area contributed by atoms with E-state index in [2.05, 4.69) is 20.3 Å². The molecule has 0 aliphatic carbocycles. The fourth-order valence-corrected chi connectivity index (χ4v) is 4.37. The highest BCUT2D eigenvalue weighted by Gasteiger charge is 2.29. The monoisotopic (exact) mass is 462 g/mol. The molecule has 1 amide bonds. The fraction of sp³-hybridized carbons (Fsp3) is 0.500. The lowest BCUT2D eigenvalue weighted by Gasteiger charge is -2.35. The molecular formula is C22H28ClFN6O2. The van der Waals surface area contributed by atoms with E-state index in [1.807, 2.05) is 26.1 Å². The molecule has 2 atom stereocenters. The predicted molar refractivity (Wildman–Crippen MR) is 122 cm³/mol. The van der Waals surface area contributed by atoms with E-state index in [0.717, 1.165) is 23.8 Å². The molecule has 2 N–H and O–H groups in total.